The van der Waals surface area contributed by atoms with Crippen molar-refractivity contribution < 1.29 is 8.42 Å². The highest BCUT2D eigenvalue weighted by Gasteiger charge is 2.15. The Morgan fingerprint density at radius 3 is 2.27 bits per heavy atom. The molecule has 0 saturated carbocycles. The molecule has 33 heavy (non-hydrogen) atoms. The number of benzene rings is 3. The summed E-state index contributed by atoms with van der Waals surface area (Å²) in [4.78, 5) is 6.48. The van der Waals surface area contributed by atoms with E-state index in [0.717, 1.165) is 28.5 Å². The predicted octanol–water partition coefficient (Wildman–Crippen LogP) is 7.01. The molecule has 0 aliphatic rings. The average Bonchev–Trinajstić information content (AvgIpc) is 3.22. The van der Waals surface area contributed by atoms with Gasteiger partial charge in [-0.1, -0.05) is 43.6 Å². The Balaban J connectivity index is 1.71. The number of sulfone groups is 1. The van der Waals surface area contributed by atoms with Crippen molar-refractivity contribution >= 4 is 33.2 Å². The first-order chi connectivity index (χ1) is 15.7. The molecular weight excluding hydrogens is 472 g/mol. The molecule has 0 saturated heterocycles. The summed E-state index contributed by atoms with van der Waals surface area (Å²) in [6, 6.07) is 22.9. The lowest BCUT2D eigenvalue weighted by Crippen LogP contribution is -1.99. The third-order valence-electron chi connectivity index (χ3n) is 5.32. The number of thioether (sulfide) groups is 1. The number of hydrogen-bond donors (Lipinski definition) is 0. The number of nitrogens with zero attached hydrogens (tertiary/aromatic N) is 2. The normalized spacial score (nSPS) is 11.8. The Morgan fingerprint density at radius 2 is 1.64 bits per heavy atom. The van der Waals surface area contributed by atoms with E-state index < -0.39 is 9.84 Å². The molecule has 0 unspecified atom stereocenters. The van der Waals surface area contributed by atoms with Crippen LogP contribution < -0.4 is 0 Å². The van der Waals surface area contributed by atoms with Gasteiger partial charge in [-0.25, -0.2) is 13.4 Å². The molecule has 0 spiro atoms. The molecule has 0 aliphatic carbocycles. The van der Waals surface area contributed by atoms with Crippen LogP contribution in [0.2, 0.25) is 5.02 Å². The maximum Gasteiger partial charge on any atom is 0.175 e. The Bertz CT molecular complexity index is 1360. The predicted molar refractivity (Wildman–Crippen MR) is 137 cm³/mol. The van der Waals surface area contributed by atoms with Crippen LogP contribution in [0.25, 0.3) is 17.1 Å². The van der Waals surface area contributed by atoms with Gasteiger partial charge >= 0.3 is 0 Å². The first-order valence-electron chi connectivity index (χ1n) is 10.6. The molecule has 170 valence electrons. The minimum absolute atomic E-state index is 0.292. The minimum atomic E-state index is -3.26. The minimum Gasteiger partial charge on any atom is -0.299 e. The van der Waals surface area contributed by atoms with Crippen molar-refractivity contribution in [3.63, 3.8) is 0 Å². The topological polar surface area (TPSA) is 52.0 Å². The van der Waals surface area contributed by atoms with Crippen LogP contribution in [-0.4, -0.2) is 24.2 Å². The summed E-state index contributed by atoms with van der Waals surface area (Å²) in [7, 11) is -3.26. The quantitative estimate of drug-likeness (QED) is 0.258. The van der Waals surface area contributed by atoms with Crippen molar-refractivity contribution in [3.8, 4) is 17.1 Å². The molecule has 0 fully saturated rings. The molecule has 0 atom stereocenters. The lowest BCUT2D eigenvalue weighted by molar-refractivity contribution is 0.602. The molecule has 0 N–H and O–H groups in total. The molecule has 4 nitrogen and oxygen atoms in total. The standard InChI is InChI=1S/C26H25ClN2O2S2/c1-18(2)24-6-4-5-7-25(24)32-17-21-16-29(22-12-14-23(15-13-22)33(3,30)31)26(28-21)19-8-10-20(27)11-9-19/h4-16,18H,17H2,1-3H3. The first-order valence-corrected chi connectivity index (χ1v) is 13.8. The number of aromatic nitrogens is 2. The van der Waals surface area contributed by atoms with Gasteiger partial charge in [-0.3, -0.25) is 4.57 Å². The average molecular weight is 497 g/mol. The van der Waals surface area contributed by atoms with Crippen LogP contribution in [0.3, 0.4) is 0 Å². The van der Waals surface area contributed by atoms with E-state index in [4.69, 9.17) is 16.6 Å². The van der Waals surface area contributed by atoms with Crippen LogP contribution in [0.1, 0.15) is 31.0 Å². The molecule has 4 aromatic rings. The van der Waals surface area contributed by atoms with Gasteiger partial charge in [0.2, 0.25) is 0 Å². The monoisotopic (exact) mass is 496 g/mol. The summed E-state index contributed by atoms with van der Waals surface area (Å²) in [5.74, 6) is 1.95. The molecule has 0 aliphatic heterocycles. The summed E-state index contributed by atoms with van der Waals surface area (Å²) >= 11 is 7.86. The van der Waals surface area contributed by atoms with E-state index in [2.05, 4.69) is 38.1 Å². The summed E-state index contributed by atoms with van der Waals surface area (Å²) in [6.45, 7) is 4.40. The van der Waals surface area contributed by atoms with Crippen molar-refractivity contribution in [2.45, 2.75) is 35.3 Å². The highest BCUT2D eigenvalue weighted by molar-refractivity contribution is 7.98. The summed E-state index contributed by atoms with van der Waals surface area (Å²) in [5.41, 5.74) is 4.05. The molecule has 1 aromatic heterocycles. The van der Waals surface area contributed by atoms with E-state index in [0.29, 0.717) is 15.8 Å². The van der Waals surface area contributed by atoms with Gasteiger partial charge in [0.15, 0.2) is 9.84 Å². The van der Waals surface area contributed by atoms with E-state index in [-0.39, 0.29) is 0 Å². The van der Waals surface area contributed by atoms with E-state index in [1.54, 1.807) is 23.9 Å². The van der Waals surface area contributed by atoms with Crippen LogP contribution in [-0.2, 0) is 15.6 Å². The lowest BCUT2D eigenvalue weighted by atomic mass is 10.0. The summed E-state index contributed by atoms with van der Waals surface area (Å²) < 4.78 is 25.7. The van der Waals surface area contributed by atoms with Gasteiger partial charge in [-0.05, 0) is 66.1 Å². The summed E-state index contributed by atoms with van der Waals surface area (Å²) in [5, 5.41) is 0.662. The molecule has 0 bridgehead atoms. The lowest BCUT2D eigenvalue weighted by Gasteiger charge is -2.11. The van der Waals surface area contributed by atoms with Crippen molar-refractivity contribution in [1.82, 2.24) is 9.55 Å². The van der Waals surface area contributed by atoms with E-state index in [9.17, 15) is 8.42 Å². The van der Waals surface area contributed by atoms with Gasteiger partial charge < -0.3 is 0 Å². The second kappa shape index (κ2) is 9.75. The first kappa shape index (κ1) is 23.6. The third-order valence-corrected chi connectivity index (χ3v) is 7.82. The highest BCUT2D eigenvalue weighted by atomic mass is 35.5. The fourth-order valence-electron chi connectivity index (χ4n) is 3.59. The van der Waals surface area contributed by atoms with Crippen LogP contribution in [0.4, 0.5) is 0 Å². The van der Waals surface area contributed by atoms with E-state index in [1.165, 1.54) is 16.7 Å². The Hall–Kier alpha value is -2.54. The Labute approximate surface area is 204 Å². The van der Waals surface area contributed by atoms with Gasteiger partial charge in [0.25, 0.3) is 0 Å². The van der Waals surface area contributed by atoms with E-state index >= 15 is 0 Å². The number of hydrogen-bond acceptors (Lipinski definition) is 4. The number of halogens is 1. The van der Waals surface area contributed by atoms with Crippen molar-refractivity contribution in [3.05, 3.63) is 95.3 Å². The molecule has 1 heterocycles. The summed E-state index contributed by atoms with van der Waals surface area (Å²) in [6.07, 6.45) is 3.23. The highest BCUT2D eigenvalue weighted by Crippen LogP contribution is 2.32. The molecule has 7 heteroatoms. The van der Waals surface area contributed by atoms with Gasteiger partial charge in [0, 0.05) is 39.4 Å². The van der Waals surface area contributed by atoms with Gasteiger partial charge in [0.1, 0.15) is 5.82 Å². The van der Waals surface area contributed by atoms with Crippen molar-refractivity contribution in [2.24, 2.45) is 0 Å². The van der Waals surface area contributed by atoms with Crippen molar-refractivity contribution in [2.75, 3.05) is 6.26 Å². The maximum absolute atomic E-state index is 11.9. The largest absolute Gasteiger partial charge is 0.299 e. The zero-order valence-corrected chi connectivity index (χ0v) is 21.1. The third kappa shape index (κ3) is 5.52. The van der Waals surface area contributed by atoms with Gasteiger partial charge in [-0.15, -0.1) is 11.8 Å². The Kier molecular flexibility index (Phi) is 6.98. The molecule has 4 rings (SSSR count). The zero-order valence-electron chi connectivity index (χ0n) is 18.7. The molecular formula is C26H25ClN2O2S2. The second-order valence-corrected chi connectivity index (χ2v) is 11.6. The van der Waals surface area contributed by atoms with Crippen LogP contribution in [0.15, 0.2) is 88.8 Å². The number of rotatable bonds is 7. The fraction of sp³-hybridized carbons (Fsp3) is 0.192. The van der Waals surface area contributed by atoms with Gasteiger partial charge in [0.05, 0.1) is 10.6 Å². The maximum atomic E-state index is 11.9. The molecule has 0 amide bonds. The van der Waals surface area contributed by atoms with Gasteiger partial charge in [-0.2, -0.15) is 0 Å². The van der Waals surface area contributed by atoms with Crippen LogP contribution >= 0.6 is 23.4 Å². The molecule has 0 radical (unpaired) electrons. The SMILES string of the molecule is CC(C)c1ccccc1SCc1cn(-c2ccc(S(C)(=O)=O)cc2)c(-c2ccc(Cl)cc2)n1. The number of imidazole rings is 1. The second-order valence-electron chi connectivity index (χ2n) is 8.18. The smallest absolute Gasteiger partial charge is 0.175 e. The Morgan fingerprint density at radius 1 is 0.970 bits per heavy atom. The van der Waals surface area contributed by atoms with E-state index in [1.807, 2.05) is 47.2 Å². The van der Waals surface area contributed by atoms with Crippen LogP contribution in [0.5, 0.6) is 0 Å². The van der Waals surface area contributed by atoms with Crippen molar-refractivity contribution in [1.29, 1.82) is 0 Å². The van der Waals surface area contributed by atoms with Crippen LogP contribution in [0, 0.1) is 0 Å². The zero-order chi connectivity index (χ0) is 23.6. The molecule has 3 aromatic carbocycles. The fourth-order valence-corrected chi connectivity index (χ4v) is 5.44.